The van der Waals surface area contributed by atoms with Crippen LogP contribution in [-0.2, 0) is 11.8 Å². The number of aryl methyl sites for hydroxylation is 1. The van der Waals surface area contributed by atoms with Gasteiger partial charge in [-0.25, -0.2) is 4.98 Å². The van der Waals surface area contributed by atoms with Gasteiger partial charge in [0.1, 0.15) is 5.75 Å². The molecule has 2 atom stereocenters. The van der Waals surface area contributed by atoms with E-state index < -0.39 is 24.2 Å². The number of imidazole rings is 1. The summed E-state index contributed by atoms with van der Waals surface area (Å²) in [6.07, 6.45) is 4.64. The molecule has 0 saturated carbocycles. The third-order valence-electron chi connectivity index (χ3n) is 8.74. The second-order valence-corrected chi connectivity index (χ2v) is 26.1. The normalized spacial score (nSPS) is 18.1. The van der Waals surface area contributed by atoms with Gasteiger partial charge in [0.05, 0.1) is 17.4 Å². The summed E-state index contributed by atoms with van der Waals surface area (Å²) in [5.74, 6) is 1.20. The van der Waals surface area contributed by atoms with Gasteiger partial charge in [-0.1, -0.05) is 0 Å². The molecular formula is C31H31ClFN7O2Sn. The van der Waals surface area contributed by atoms with Gasteiger partial charge in [-0.3, -0.25) is 0 Å². The van der Waals surface area contributed by atoms with Crippen LogP contribution in [0.1, 0.15) is 13.8 Å². The van der Waals surface area contributed by atoms with Crippen LogP contribution in [-0.4, -0.2) is 59.8 Å². The van der Waals surface area contributed by atoms with Crippen LogP contribution in [0.25, 0.3) is 22.1 Å². The van der Waals surface area contributed by atoms with E-state index in [2.05, 4.69) is 50.5 Å². The van der Waals surface area contributed by atoms with E-state index in [0.717, 1.165) is 29.9 Å². The Bertz CT molecular complexity index is 1890. The predicted octanol–water partition coefficient (Wildman–Crippen LogP) is 7.21. The first-order valence-corrected chi connectivity index (χ1v) is 21.9. The molecule has 43 heavy (non-hydrogen) atoms. The van der Waals surface area contributed by atoms with E-state index in [4.69, 9.17) is 21.3 Å². The van der Waals surface area contributed by atoms with E-state index >= 15 is 4.39 Å². The molecule has 12 heteroatoms. The van der Waals surface area contributed by atoms with Gasteiger partial charge in [0.25, 0.3) is 0 Å². The standard InChI is InChI=1S/C27H25ClFN7O.C3H3O.CH3.Sn/c1-4-10-36(11-5-2)25-9-7-20-26(34-25)27(31-15-30-20)33-21-13-18(28)24(14-19(21)29)37-17-6-8-23-22(12-17)32-16-35(23)3;1-2-3-4;;/h4-9,12-16H,10-11H2,1-3H3,(H,30,31,33);2H,1H2;1H3;. The van der Waals surface area contributed by atoms with Crippen molar-refractivity contribution >= 4 is 73.2 Å². The SMILES string of the molecule is C=C[C](=O)[Sn]1([CH3])[C@@H](C)CN(c2ccc3ncnc(Nc4cc(Cl)c(Oc5ccc6c(c5)ncn6C)cc4F)c3n2)C[C@@H]1C. The summed E-state index contributed by atoms with van der Waals surface area (Å²) in [6.45, 7) is 9.59. The molecule has 1 fully saturated rings. The van der Waals surface area contributed by atoms with Crippen LogP contribution < -0.4 is 15.0 Å². The summed E-state index contributed by atoms with van der Waals surface area (Å²) < 4.78 is 24.0. The number of nitrogens with zero attached hydrogens (tertiary/aromatic N) is 6. The minimum atomic E-state index is -3.10. The Morgan fingerprint density at radius 2 is 1.88 bits per heavy atom. The molecule has 1 aliphatic heterocycles. The first-order valence-electron chi connectivity index (χ1n) is 14.0. The van der Waals surface area contributed by atoms with Gasteiger partial charge in [0.2, 0.25) is 0 Å². The zero-order chi connectivity index (χ0) is 30.5. The molecule has 0 spiro atoms. The van der Waals surface area contributed by atoms with Crippen molar-refractivity contribution in [1.82, 2.24) is 24.5 Å². The minimum absolute atomic E-state index is 0.123. The number of anilines is 3. The second kappa shape index (κ2) is 11.4. The molecule has 220 valence electrons. The maximum absolute atomic E-state index is 15.4. The summed E-state index contributed by atoms with van der Waals surface area (Å²) in [5, 5.41) is 3.27. The third kappa shape index (κ3) is 5.31. The van der Waals surface area contributed by atoms with Crippen LogP contribution in [0.5, 0.6) is 11.5 Å². The van der Waals surface area contributed by atoms with E-state index in [1.807, 2.05) is 29.8 Å². The second-order valence-electron chi connectivity index (χ2n) is 11.3. The Kier molecular flexibility index (Phi) is 7.76. The Balaban J connectivity index is 1.26. The quantitative estimate of drug-likeness (QED) is 0.140. The van der Waals surface area contributed by atoms with Gasteiger partial charge < -0.3 is 9.30 Å². The van der Waals surface area contributed by atoms with Crippen molar-refractivity contribution in [3.63, 3.8) is 0 Å². The van der Waals surface area contributed by atoms with Crippen LogP contribution >= 0.6 is 11.6 Å². The van der Waals surface area contributed by atoms with E-state index in [-0.39, 0.29) is 28.1 Å². The van der Waals surface area contributed by atoms with Gasteiger partial charge in [0, 0.05) is 13.1 Å². The molecule has 0 unspecified atom stereocenters. The molecular weight excluding hydrogens is 676 g/mol. The van der Waals surface area contributed by atoms with Crippen LogP contribution in [0, 0.1) is 5.82 Å². The number of ether oxygens (including phenoxy) is 1. The molecule has 0 aliphatic carbocycles. The molecule has 1 saturated heterocycles. The number of hydrogen-bond donors (Lipinski definition) is 1. The number of halogens is 2. The number of rotatable bonds is 7. The fourth-order valence-electron chi connectivity index (χ4n) is 5.83. The summed E-state index contributed by atoms with van der Waals surface area (Å²) in [7, 11) is 1.91. The number of carbonyl (C=O) groups excluding carboxylic acids is 1. The van der Waals surface area contributed by atoms with Crippen molar-refractivity contribution in [3.05, 3.63) is 78.6 Å². The van der Waals surface area contributed by atoms with E-state index in [1.54, 1.807) is 18.5 Å². The summed E-state index contributed by atoms with van der Waals surface area (Å²) in [5.41, 5.74) is 2.94. The molecule has 0 bridgehead atoms. The third-order valence-corrected chi connectivity index (χ3v) is 25.4. The average molecular weight is 707 g/mol. The molecule has 4 heterocycles. The Labute approximate surface area is 257 Å². The Morgan fingerprint density at radius 3 is 2.63 bits per heavy atom. The van der Waals surface area contributed by atoms with E-state index in [9.17, 15) is 4.79 Å². The van der Waals surface area contributed by atoms with Gasteiger partial charge in [-0.2, -0.15) is 0 Å². The zero-order valence-corrected chi connectivity index (χ0v) is 27.9. The number of pyridine rings is 1. The van der Waals surface area contributed by atoms with Gasteiger partial charge in [-0.15, -0.1) is 0 Å². The van der Waals surface area contributed by atoms with Crippen LogP contribution in [0.4, 0.5) is 21.7 Å². The van der Waals surface area contributed by atoms with E-state index in [0.29, 0.717) is 22.6 Å². The average Bonchev–Trinajstić information content (AvgIpc) is 3.37. The van der Waals surface area contributed by atoms with Crippen molar-refractivity contribution < 1.29 is 13.9 Å². The summed E-state index contributed by atoms with van der Waals surface area (Å²) >= 11 is 3.43. The van der Waals surface area contributed by atoms with Crippen LogP contribution in [0.2, 0.25) is 17.8 Å². The number of nitrogens with one attached hydrogen (secondary N) is 1. The first-order chi connectivity index (χ1) is 20.6. The van der Waals surface area contributed by atoms with Crippen molar-refractivity contribution in [2.45, 2.75) is 26.7 Å². The topological polar surface area (TPSA) is 98.1 Å². The number of allylic oxidation sites excluding steroid dienone is 1. The molecule has 3 aromatic heterocycles. The maximum atomic E-state index is 15.4. The van der Waals surface area contributed by atoms with Gasteiger partial charge in [-0.05, 0) is 12.1 Å². The van der Waals surface area contributed by atoms with Crippen LogP contribution in [0.15, 0.2) is 67.8 Å². The monoisotopic (exact) mass is 707 g/mol. The number of benzene rings is 2. The summed E-state index contributed by atoms with van der Waals surface area (Å²) in [4.78, 5) is 35.2. The number of carbonyl (C=O) groups is 1. The van der Waals surface area contributed by atoms with Crippen molar-refractivity contribution in [2.75, 3.05) is 23.3 Å². The molecule has 6 rings (SSSR count). The Morgan fingerprint density at radius 1 is 1.12 bits per heavy atom. The number of aromatic nitrogens is 5. The van der Waals surface area contributed by atoms with Crippen LogP contribution in [0.3, 0.4) is 0 Å². The Hall–Kier alpha value is -3.77. The fourth-order valence-corrected chi connectivity index (χ4v) is 16.3. The molecule has 9 nitrogen and oxygen atoms in total. The fraction of sp³-hybridized carbons (Fsp3) is 0.258. The first kappa shape index (κ1) is 29.3. The summed E-state index contributed by atoms with van der Waals surface area (Å²) in [6, 6.07) is 11.9. The molecule has 5 aromatic rings. The van der Waals surface area contributed by atoms with Crippen molar-refractivity contribution in [3.8, 4) is 11.5 Å². The number of fused-ring (bicyclic) bond motifs is 2. The molecule has 1 aliphatic rings. The number of hydrogen-bond acceptors (Lipinski definition) is 8. The van der Waals surface area contributed by atoms with Crippen molar-refractivity contribution in [1.29, 1.82) is 0 Å². The van der Waals surface area contributed by atoms with Gasteiger partial charge >= 0.3 is 196 Å². The molecule has 0 radical (unpaired) electrons. The predicted molar refractivity (Wildman–Crippen MR) is 171 cm³/mol. The van der Waals surface area contributed by atoms with E-state index in [1.165, 1.54) is 24.5 Å². The molecule has 0 amide bonds. The zero-order valence-electron chi connectivity index (χ0n) is 24.3. The van der Waals surface area contributed by atoms with Crippen molar-refractivity contribution in [2.24, 2.45) is 7.05 Å². The molecule has 2 aromatic carbocycles. The molecule has 1 N–H and O–H groups in total. The van der Waals surface area contributed by atoms with Gasteiger partial charge in [0.15, 0.2) is 0 Å².